The van der Waals surface area contributed by atoms with Gasteiger partial charge in [-0.1, -0.05) is 19.8 Å². The van der Waals surface area contributed by atoms with Crippen molar-refractivity contribution in [3.05, 3.63) is 0 Å². The van der Waals surface area contributed by atoms with Gasteiger partial charge in [-0.15, -0.1) is 0 Å². The fourth-order valence-corrected chi connectivity index (χ4v) is 3.43. The summed E-state index contributed by atoms with van der Waals surface area (Å²) in [6.45, 7) is 10.4. The summed E-state index contributed by atoms with van der Waals surface area (Å²) in [6, 6.07) is 0. The molecule has 7 nitrogen and oxygen atoms in total. The number of likely N-dealkylation sites (tertiary alicyclic amines) is 1. The van der Waals surface area contributed by atoms with Crippen LogP contribution in [0.5, 0.6) is 0 Å². The molecule has 0 N–H and O–H groups in total. The first-order chi connectivity index (χ1) is 15.3. The summed E-state index contributed by atoms with van der Waals surface area (Å²) in [6.07, 6.45) is -4.04. The molecule has 0 bridgehead atoms. The maximum atomic E-state index is 11.4. The second-order valence-electron chi connectivity index (χ2n) is 7.53. The molecule has 223 valence electrons. The van der Waals surface area contributed by atoms with Gasteiger partial charge in [0.05, 0.1) is 26.2 Å². The molecule has 1 aliphatic rings. The summed E-state index contributed by atoms with van der Waals surface area (Å²) < 4.78 is 169. The van der Waals surface area contributed by atoms with Crippen LogP contribution in [0.15, 0.2) is 0 Å². The number of hydrogen-bond acceptors (Lipinski definition) is 6. The standard InChI is InChI=1S/C12H26N.2C2HF5O3S.Ir/c1-3-5-6-7-10-13(4-2)11-8-9-12-13;2*3-1(4,5)2(6,7)11(8,9)10;/h3-12H2,1-2H3;2*(H,8,9,10);/q+1;;;/p-2. The van der Waals surface area contributed by atoms with Gasteiger partial charge < -0.3 is 13.6 Å². The molecular weight excluding hydrogens is 749 g/mol. The van der Waals surface area contributed by atoms with Crippen LogP contribution >= 0.6 is 0 Å². The minimum Gasteiger partial charge on any atom is -0.743 e. The summed E-state index contributed by atoms with van der Waals surface area (Å²) in [4.78, 5) is 0. The van der Waals surface area contributed by atoms with Gasteiger partial charge in [0.2, 0.25) is 0 Å². The van der Waals surface area contributed by atoms with Gasteiger partial charge in [0.15, 0.2) is 20.2 Å². The Bertz CT molecular complexity index is 788. The Hall–Kier alpha value is -0.271. The molecule has 1 aliphatic heterocycles. The van der Waals surface area contributed by atoms with Crippen LogP contribution in [0, 0.1) is 0 Å². The van der Waals surface area contributed by atoms with Crippen LogP contribution in [-0.4, -0.2) is 79.5 Å². The topological polar surface area (TPSA) is 114 Å². The number of quaternary nitrogens is 1. The Balaban J connectivity index is -0.000000451. The van der Waals surface area contributed by atoms with E-state index in [1.165, 1.54) is 69.2 Å². The average molecular weight is 775 g/mol. The van der Waals surface area contributed by atoms with E-state index >= 15 is 0 Å². The fourth-order valence-electron chi connectivity index (χ4n) is 2.86. The molecule has 1 heterocycles. The SMILES string of the molecule is CCCCCC[N+]1(CC)CCCC1.O=S(=O)([O-])C(F)(F)C(F)(F)F.O=S(=O)([O-])C(F)(F)C(F)(F)F.[Ir]. The number of unbranched alkanes of at least 4 members (excludes halogenated alkanes) is 3. The number of halogens is 10. The second-order valence-corrected chi connectivity index (χ2v) is 10.4. The molecule has 0 unspecified atom stereocenters. The van der Waals surface area contributed by atoms with Gasteiger partial charge in [0.1, 0.15) is 0 Å². The molecule has 0 saturated carbocycles. The largest absolute Gasteiger partial charge is 0.743 e. The normalized spacial score (nSPS) is 16.7. The van der Waals surface area contributed by atoms with Gasteiger partial charge in [-0.3, -0.25) is 0 Å². The second kappa shape index (κ2) is 14.8. The summed E-state index contributed by atoms with van der Waals surface area (Å²) >= 11 is 0. The van der Waals surface area contributed by atoms with Crippen molar-refractivity contribution < 1.29 is 94.4 Å². The quantitative estimate of drug-likeness (QED) is 0.155. The van der Waals surface area contributed by atoms with Crippen LogP contribution < -0.4 is 0 Å². The predicted octanol–water partition coefficient (Wildman–Crippen LogP) is 4.57. The van der Waals surface area contributed by atoms with Crippen molar-refractivity contribution >= 4 is 20.2 Å². The molecule has 1 rings (SSSR count). The zero-order valence-corrected chi connectivity index (χ0v) is 22.9. The van der Waals surface area contributed by atoms with E-state index < -0.39 is 43.1 Å². The van der Waals surface area contributed by atoms with Crippen LogP contribution in [0.25, 0.3) is 0 Å². The van der Waals surface area contributed by atoms with Crippen LogP contribution in [-0.2, 0) is 40.3 Å². The minimum absolute atomic E-state index is 0. The smallest absolute Gasteiger partial charge is 0.468 e. The van der Waals surface area contributed by atoms with Crippen LogP contribution in [0.3, 0.4) is 0 Å². The summed E-state index contributed by atoms with van der Waals surface area (Å²) in [5.41, 5.74) is 0. The van der Waals surface area contributed by atoms with Crippen molar-refractivity contribution in [1.82, 2.24) is 0 Å². The summed E-state index contributed by atoms with van der Waals surface area (Å²) in [5.74, 6) is 0. The van der Waals surface area contributed by atoms with Crippen LogP contribution in [0.2, 0.25) is 0 Å². The maximum Gasteiger partial charge on any atom is 0.468 e. The molecule has 1 radical (unpaired) electrons. The Morgan fingerprint density at radius 2 is 1.00 bits per heavy atom. The first-order valence-corrected chi connectivity index (χ1v) is 12.8. The number of alkyl halides is 10. The van der Waals surface area contributed by atoms with Gasteiger partial charge >= 0.3 is 22.9 Å². The van der Waals surface area contributed by atoms with Crippen molar-refractivity contribution in [3.8, 4) is 0 Å². The Kier molecular flexibility index (Phi) is 16.5. The molecule has 0 amide bonds. The van der Waals surface area contributed by atoms with Crippen LogP contribution in [0.1, 0.15) is 52.4 Å². The molecule has 0 atom stereocenters. The van der Waals surface area contributed by atoms with Gasteiger partial charge in [-0.25, -0.2) is 16.8 Å². The van der Waals surface area contributed by atoms with Crippen molar-refractivity contribution in [1.29, 1.82) is 0 Å². The van der Waals surface area contributed by atoms with Gasteiger partial charge in [-0.05, 0) is 19.8 Å². The van der Waals surface area contributed by atoms with E-state index in [0.717, 1.165) is 0 Å². The predicted molar refractivity (Wildman–Crippen MR) is 100 cm³/mol. The number of nitrogens with zero attached hydrogens (tertiary/aromatic N) is 1. The van der Waals surface area contributed by atoms with Gasteiger partial charge in [-0.2, -0.15) is 43.9 Å². The summed E-state index contributed by atoms with van der Waals surface area (Å²) in [7, 11) is -13.3. The minimum atomic E-state index is -6.67. The number of rotatable bonds is 8. The average Bonchev–Trinajstić information content (AvgIpc) is 3.12. The monoisotopic (exact) mass is 775 g/mol. The third-order valence-corrected chi connectivity index (χ3v) is 6.68. The Labute approximate surface area is 216 Å². The molecular formula is C16H26F10IrNO6S2-. The molecule has 0 aromatic carbocycles. The molecule has 1 fully saturated rings. The third kappa shape index (κ3) is 12.1. The van der Waals surface area contributed by atoms with Gasteiger partial charge in [0.25, 0.3) is 0 Å². The first kappa shape index (κ1) is 40.2. The van der Waals surface area contributed by atoms with E-state index in [1.807, 2.05) is 0 Å². The van der Waals surface area contributed by atoms with Gasteiger partial charge in [0, 0.05) is 32.9 Å². The molecule has 0 aliphatic carbocycles. The van der Waals surface area contributed by atoms with Crippen molar-refractivity contribution in [3.63, 3.8) is 0 Å². The van der Waals surface area contributed by atoms with E-state index in [4.69, 9.17) is 0 Å². The van der Waals surface area contributed by atoms with Crippen molar-refractivity contribution in [2.75, 3.05) is 26.2 Å². The van der Waals surface area contributed by atoms with E-state index in [-0.39, 0.29) is 20.1 Å². The Morgan fingerprint density at radius 3 is 1.19 bits per heavy atom. The van der Waals surface area contributed by atoms with Crippen LogP contribution in [0.4, 0.5) is 43.9 Å². The maximum absolute atomic E-state index is 11.4. The fraction of sp³-hybridized carbons (Fsp3) is 1.00. The van der Waals surface area contributed by atoms with Crippen molar-refractivity contribution in [2.45, 2.75) is 75.2 Å². The van der Waals surface area contributed by atoms with E-state index in [1.54, 1.807) is 0 Å². The molecule has 20 heteroatoms. The molecule has 36 heavy (non-hydrogen) atoms. The first-order valence-electron chi connectivity index (χ1n) is 9.98. The Morgan fingerprint density at radius 1 is 0.667 bits per heavy atom. The molecule has 0 aromatic heterocycles. The molecule has 1 saturated heterocycles. The number of hydrogen-bond donors (Lipinski definition) is 0. The molecule has 0 aromatic rings. The molecule has 0 spiro atoms. The zero-order chi connectivity index (χ0) is 28.6. The zero-order valence-electron chi connectivity index (χ0n) is 18.9. The summed E-state index contributed by atoms with van der Waals surface area (Å²) in [5, 5.41) is -12.4. The third-order valence-electron chi connectivity index (χ3n) is 4.96. The van der Waals surface area contributed by atoms with E-state index in [0.29, 0.717) is 0 Å². The van der Waals surface area contributed by atoms with Crippen molar-refractivity contribution in [2.24, 2.45) is 0 Å². The van der Waals surface area contributed by atoms with E-state index in [9.17, 15) is 69.8 Å². The van der Waals surface area contributed by atoms with E-state index in [2.05, 4.69) is 13.8 Å².